The Hall–Kier alpha value is -3.39. The molecule has 31 heavy (non-hydrogen) atoms. The van der Waals surface area contributed by atoms with Gasteiger partial charge in [-0.25, -0.2) is 0 Å². The average Bonchev–Trinajstić information content (AvgIpc) is 2.75. The van der Waals surface area contributed by atoms with E-state index in [0.29, 0.717) is 30.0 Å². The minimum atomic E-state index is -0.224. The van der Waals surface area contributed by atoms with Crippen LogP contribution in [0.2, 0.25) is 0 Å². The van der Waals surface area contributed by atoms with Crippen LogP contribution < -0.4 is 21.3 Å². The highest BCUT2D eigenvalue weighted by atomic mass is 16.5. The molecule has 0 bridgehead atoms. The maximum Gasteiger partial charge on any atom is 0.251 e. The van der Waals surface area contributed by atoms with E-state index in [1.54, 1.807) is 55.6 Å². The minimum absolute atomic E-state index is 0.0679. The summed E-state index contributed by atoms with van der Waals surface area (Å²) in [4.78, 5) is 36.2. The van der Waals surface area contributed by atoms with Crippen molar-refractivity contribution in [1.29, 1.82) is 0 Å². The number of hydrogen-bond donors (Lipinski definition) is 4. The highest BCUT2D eigenvalue weighted by Gasteiger charge is 2.08. The molecular weight excluding hydrogens is 396 g/mol. The van der Waals surface area contributed by atoms with Crippen LogP contribution in [0, 0.1) is 0 Å². The number of anilines is 2. The second-order valence-corrected chi connectivity index (χ2v) is 7.29. The Bertz CT molecular complexity index is 864. The summed E-state index contributed by atoms with van der Waals surface area (Å²) in [6.45, 7) is 5.01. The molecule has 0 aliphatic rings. The first kappa shape index (κ1) is 23.9. The molecule has 2 aromatic carbocycles. The molecule has 0 aliphatic heterocycles. The van der Waals surface area contributed by atoms with Gasteiger partial charge in [0, 0.05) is 48.8 Å². The van der Waals surface area contributed by atoms with E-state index in [4.69, 9.17) is 4.74 Å². The van der Waals surface area contributed by atoms with Gasteiger partial charge in [-0.3, -0.25) is 14.4 Å². The third-order valence-corrected chi connectivity index (χ3v) is 4.26. The van der Waals surface area contributed by atoms with Crippen LogP contribution >= 0.6 is 0 Å². The van der Waals surface area contributed by atoms with Gasteiger partial charge >= 0.3 is 0 Å². The zero-order chi connectivity index (χ0) is 22.6. The van der Waals surface area contributed by atoms with Crippen molar-refractivity contribution in [1.82, 2.24) is 10.6 Å². The molecule has 0 saturated carbocycles. The number of amides is 3. The Morgan fingerprint density at radius 1 is 0.871 bits per heavy atom. The summed E-state index contributed by atoms with van der Waals surface area (Å²) in [7, 11) is 1.62. The molecule has 0 aliphatic carbocycles. The molecule has 0 spiro atoms. The summed E-state index contributed by atoms with van der Waals surface area (Å²) < 4.78 is 4.94. The molecule has 0 atom stereocenters. The monoisotopic (exact) mass is 426 g/mol. The van der Waals surface area contributed by atoms with E-state index >= 15 is 0 Å². The third-order valence-electron chi connectivity index (χ3n) is 4.26. The molecule has 3 amide bonds. The first-order valence-corrected chi connectivity index (χ1v) is 10.2. The molecule has 0 unspecified atom stereocenters. The zero-order valence-corrected chi connectivity index (χ0v) is 18.2. The van der Waals surface area contributed by atoms with Crippen molar-refractivity contribution in [2.75, 3.05) is 37.4 Å². The maximum absolute atomic E-state index is 12.2. The lowest BCUT2D eigenvalue weighted by molar-refractivity contribution is -0.114. The van der Waals surface area contributed by atoms with Crippen molar-refractivity contribution < 1.29 is 19.1 Å². The molecule has 0 saturated heterocycles. The number of rotatable bonds is 11. The van der Waals surface area contributed by atoms with E-state index in [1.807, 2.05) is 13.8 Å². The lowest BCUT2D eigenvalue weighted by Crippen LogP contribution is -2.30. The van der Waals surface area contributed by atoms with E-state index in [-0.39, 0.29) is 30.3 Å². The van der Waals surface area contributed by atoms with Gasteiger partial charge in [0.2, 0.25) is 5.91 Å². The largest absolute Gasteiger partial charge is 0.385 e. The van der Waals surface area contributed by atoms with E-state index in [1.165, 1.54) is 0 Å². The predicted octanol–water partition coefficient (Wildman–Crippen LogP) is 2.64. The topological polar surface area (TPSA) is 109 Å². The molecule has 4 N–H and O–H groups in total. The molecule has 2 rings (SSSR count). The second kappa shape index (κ2) is 12.3. The molecular formula is C23H30N4O4. The van der Waals surface area contributed by atoms with Crippen molar-refractivity contribution in [2.24, 2.45) is 0 Å². The van der Waals surface area contributed by atoms with Gasteiger partial charge in [0.1, 0.15) is 0 Å². The van der Waals surface area contributed by atoms with Crippen LogP contribution in [0.25, 0.3) is 0 Å². The molecule has 2 aromatic rings. The van der Waals surface area contributed by atoms with Crippen LogP contribution in [-0.4, -0.2) is 50.6 Å². The van der Waals surface area contributed by atoms with E-state index in [9.17, 15) is 14.4 Å². The van der Waals surface area contributed by atoms with Crippen LogP contribution in [0.3, 0.4) is 0 Å². The number of benzene rings is 2. The summed E-state index contributed by atoms with van der Waals surface area (Å²) in [6, 6.07) is 13.7. The Morgan fingerprint density at radius 2 is 1.45 bits per heavy atom. The molecule has 0 heterocycles. The van der Waals surface area contributed by atoms with Gasteiger partial charge in [0.25, 0.3) is 11.8 Å². The van der Waals surface area contributed by atoms with Gasteiger partial charge in [-0.2, -0.15) is 0 Å². The van der Waals surface area contributed by atoms with E-state index in [2.05, 4.69) is 21.3 Å². The number of methoxy groups -OCH3 is 1. The molecule has 8 nitrogen and oxygen atoms in total. The summed E-state index contributed by atoms with van der Waals surface area (Å²) in [6.07, 6.45) is 0.747. The standard InChI is InChI=1S/C23H30N4O4/c1-16(2)26-23(30)18-5-9-19(10-6-18)25-15-21(28)27-20-11-7-17(8-12-20)22(29)24-13-4-14-31-3/h5-12,16,25H,4,13-15H2,1-3H3,(H,24,29)(H,26,30)(H,27,28). The number of nitrogens with one attached hydrogen (secondary N) is 4. The first-order chi connectivity index (χ1) is 14.9. The van der Waals surface area contributed by atoms with Crippen molar-refractivity contribution in [2.45, 2.75) is 26.3 Å². The second-order valence-electron chi connectivity index (χ2n) is 7.29. The van der Waals surface area contributed by atoms with Crippen molar-refractivity contribution in [3.05, 3.63) is 59.7 Å². The number of carbonyl (C=O) groups excluding carboxylic acids is 3. The lowest BCUT2D eigenvalue weighted by atomic mass is 10.2. The van der Waals surface area contributed by atoms with Gasteiger partial charge in [0.05, 0.1) is 6.54 Å². The Balaban J connectivity index is 1.78. The van der Waals surface area contributed by atoms with Gasteiger partial charge in [-0.15, -0.1) is 0 Å². The molecule has 8 heteroatoms. The summed E-state index contributed by atoms with van der Waals surface area (Å²) >= 11 is 0. The fourth-order valence-electron chi connectivity index (χ4n) is 2.70. The first-order valence-electron chi connectivity index (χ1n) is 10.2. The third kappa shape index (κ3) is 8.47. The van der Waals surface area contributed by atoms with Crippen molar-refractivity contribution in [3.63, 3.8) is 0 Å². The maximum atomic E-state index is 12.2. The van der Waals surface area contributed by atoms with Gasteiger partial charge in [-0.05, 0) is 68.8 Å². The highest BCUT2D eigenvalue weighted by molar-refractivity contribution is 5.97. The SMILES string of the molecule is COCCCNC(=O)c1ccc(NC(=O)CNc2ccc(C(=O)NC(C)C)cc2)cc1. The summed E-state index contributed by atoms with van der Waals surface area (Å²) in [5.74, 6) is -0.522. The lowest BCUT2D eigenvalue weighted by Gasteiger charge is -2.10. The van der Waals surface area contributed by atoms with E-state index < -0.39 is 0 Å². The summed E-state index contributed by atoms with van der Waals surface area (Å²) in [5, 5.41) is 11.4. The number of ether oxygens (including phenoxy) is 1. The normalized spacial score (nSPS) is 10.5. The van der Waals surface area contributed by atoms with Crippen LogP contribution in [-0.2, 0) is 9.53 Å². The molecule has 0 fully saturated rings. The van der Waals surface area contributed by atoms with Gasteiger partial charge < -0.3 is 26.0 Å². The van der Waals surface area contributed by atoms with Gasteiger partial charge in [-0.1, -0.05) is 0 Å². The van der Waals surface area contributed by atoms with Crippen LogP contribution in [0.5, 0.6) is 0 Å². The number of carbonyl (C=O) groups is 3. The van der Waals surface area contributed by atoms with Crippen molar-refractivity contribution >= 4 is 29.1 Å². The highest BCUT2D eigenvalue weighted by Crippen LogP contribution is 2.11. The van der Waals surface area contributed by atoms with Crippen LogP contribution in [0.15, 0.2) is 48.5 Å². The minimum Gasteiger partial charge on any atom is -0.385 e. The van der Waals surface area contributed by atoms with E-state index in [0.717, 1.165) is 12.1 Å². The summed E-state index contributed by atoms with van der Waals surface area (Å²) in [5.41, 5.74) is 2.42. The Labute approximate surface area is 182 Å². The molecule has 166 valence electrons. The predicted molar refractivity (Wildman–Crippen MR) is 121 cm³/mol. The fourth-order valence-corrected chi connectivity index (χ4v) is 2.70. The Kier molecular flexibility index (Phi) is 9.51. The van der Waals surface area contributed by atoms with Gasteiger partial charge in [0.15, 0.2) is 0 Å². The molecule has 0 aromatic heterocycles. The zero-order valence-electron chi connectivity index (χ0n) is 18.2. The van der Waals surface area contributed by atoms with Crippen molar-refractivity contribution in [3.8, 4) is 0 Å². The smallest absolute Gasteiger partial charge is 0.251 e. The quantitative estimate of drug-likeness (QED) is 0.413. The van der Waals surface area contributed by atoms with Crippen LogP contribution in [0.4, 0.5) is 11.4 Å². The number of hydrogen-bond acceptors (Lipinski definition) is 5. The fraction of sp³-hybridized carbons (Fsp3) is 0.348. The Morgan fingerprint density at radius 3 is 2.03 bits per heavy atom. The molecule has 0 radical (unpaired) electrons. The van der Waals surface area contributed by atoms with Crippen LogP contribution in [0.1, 0.15) is 41.0 Å². The average molecular weight is 427 g/mol.